The van der Waals surface area contributed by atoms with E-state index in [1.54, 1.807) is 0 Å². The van der Waals surface area contributed by atoms with Crippen molar-refractivity contribution < 1.29 is 18.9 Å². The molecule has 0 bridgehead atoms. The van der Waals surface area contributed by atoms with E-state index in [4.69, 9.17) is 4.52 Å². The predicted octanol–water partition coefficient (Wildman–Crippen LogP) is 5.16. The number of aromatic nitrogens is 3. The number of benzene rings is 1. The minimum absolute atomic E-state index is 0.0191. The Morgan fingerprint density at radius 1 is 1.03 bits per heavy atom. The molecule has 0 N–H and O–H groups in total. The molecule has 5 rings (SSSR count). The zero-order valence-corrected chi connectivity index (χ0v) is 20.6. The van der Waals surface area contributed by atoms with Crippen LogP contribution in [0.25, 0.3) is 0 Å². The Kier molecular flexibility index (Phi) is 6.03. The molecule has 0 spiro atoms. The molecule has 1 unspecified atom stereocenters. The van der Waals surface area contributed by atoms with Crippen LogP contribution in [0, 0.1) is 5.41 Å². The Bertz CT molecular complexity index is 1300. The normalized spacial score (nSPS) is 18.9. The van der Waals surface area contributed by atoms with E-state index in [-0.39, 0.29) is 28.8 Å². The zero-order chi connectivity index (χ0) is 24.7. The van der Waals surface area contributed by atoms with Crippen LogP contribution in [0.3, 0.4) is 0 Å². The number of nitrogens with zero attached hydrogens (tertiary/aromatic N) is 3. The summed E-state index contributed by atoms with van der Waals surface area (Å²) in [5.74, 6) is 0.657. The van der Waals surface area contributed by atoms with Crippen LogP contribution in [-0.2, 0) is 25.7 Å². The van der Waals surface area contributed by atoms with E-state index in [0.29, 0.717) is 85.3 Å². The van der Waals surface area contributed by atoms with E-state index in [1.165, 1.54) is 4.68 Å². The fourth-order valence-electron chi connectivity index (χ4n) is 5.53. The number of hydrogen-bond acceptors (Lipinski definition) is 6. The number of Topliss-reactive ketones (excluding diaryl/α,β-unsaturated/α-hetero) is 2. The summed E-state index contributed by atoms with van der Waals surface area (Å²) in [5.41, 5.74) is 4.07. The molecule has 3 aromatic rings. The van der Waals surface area contributed by atoms with Gasteiger partial charge >= 0.3 is 0 Å². The maximum atomic E-state index is 13.3. The first-order chi connectivity index (χ1) is 16.8. The lowest BCUT2D eigenvalue weighted by molar-refractivity contribution is 0.0876. The minimum Gasteiger partial charge on any atom is -0.360 e. The van der Waals surface area contributed by atoms with Crippen molar-refractivity contribution in [3.8, 4) is 0 Å². The number of carbonyl (C=O) groups excluding carboxylic acids is 3. The molecule has 2 aliphatic carbocycles. The van der Waals surface area contributed by atoms with Gasteiger partial charge in [0.1, 0.15) is 5.76 Å². The summed E-state index contributed by atoms with van der Waals surface area (Å²) in [6.45, 7) is 6.06. The summed E-state index contributed by atoms with van der Waals surface area (Å²) < 4.78 is 7.00. The van der Waals surface area contributed by atoms with Gasteiger partial charge in [0.2, 0.25) is 5.91 Å². The molecule has 2 heterocycles. The highest BCUT2D eigenvalue weighted by Crippen LogP contribution is 2.37. The van der Waals surface area contributed by atoms with E-state index < -0.39 is 0 Å². The van der Waals surface area contributed by atoms with Crippen LogP contribution < -0.4 is 0 Å². The first kappa shape index (κ1) is 23.4. The molecule has 7 nitrogen and oxygen atoms in total. The molecular weight excluding hydrogens is 442 g/mol. The zero-order valence-electron chi connectivity index (χ0n) is 20.6. The lowest BCUT2D eigenvalue weighted by Gasteiger charge is -2.26. The van der Waals surface area contributed by atoms with Crippen molar-refractivity contribution in [1.29, 1.82) is 0 Å². The molecular formula is C28H31N3O4. The minimum atomic E-state index is -0.139. The standard InChI is InChI=1S/C28H31N3O4/c1-4-8-25(34)31-21-13-18(17-9-6-5-7-10-17)14-22(32)26(21)19(29-31)11-12-20-27-23(33)15-28(2,3)16-24(27)35-30-20/h5-7,9-10,18H,4,8,11-16H2,1-3H3. The Morgan fingerprint density at radius 3 is 2.51 bits per heavy atom. The second-order valence-corrected chi connectivity index (χ2v) is 10.6. The summed E-state index contributed by atoms with van der Waals surface area (Å²) in [6, 6.07) is 9.97. The molecule has 0 radical (unpaired) electrons. The number of aryl methyl sites for hydroxylation is 2. The van der Waals surface area contributed by atoms with Gasteiger partial charge in [-0.05, 0) is 42.6 Å². The molecule has 7 heteroatoms. The van der Waals surface area contributed by atoms with Gasteiger partial charge in [0.05, 0.1) is 28.2 Å². The van der Waals surface area contributed by atoms with Crippen LogP contribution in [0.4, 0.5) is 0 Å². The molecule has 182 valence electrons. The van der Waals surface area contributed by atoms with Crippen molar-refractivity contribution in [2.24, 2.45) is 5.41 Å². The maximum Gasteiger partial charge on any atom is 0.247 e. The Morgan fingerprint density at radius 2 is 1.77 bits per heavy atom. The molecule has 0 saturated carbocycles. The van der Waals surface area contributed by atoms with Gasteiger partial charge in [-0.2, -0.15) is 5.10 Å². The van der Waals surface area contributed by atoms with Crippen LogP contribution in [-0.4, -0.2) is 32.4 Å². The fourth-order valence-corrected chi connectivity index (χ4v) is 5.53. The van der Waals surface area contributed by atoms with E-state index in [9.17, 15) is 14.4 Å². The van der Waals surface area contributed by atoms with Crippen molar-refractivity contribution in [2.45, 2.75) is 78.1 Å². The highest BCUT2D eigenvalue weighted by molar-refractivity contribution is 6.01. The Balaban J connectivity index is 1.46. The predicted molar refractivity (Wildman–Crippen MR) is 130 cm³/mol. The largest absolute Gasteiger partial charge is 0.360 e. The van der Waals surface area contributed by atoms with Gasteiger partial charge < -0.3 is 4.52 Å². The van der Waals surface area contributed by atoms with E-state index in [2.05, 4.69) is 24.1 Å². The van der Waals surface area contributed by atoms with E-state index in [0.717, 1.165) is 5.56 Å². The monoisotopic (exact) mass is 473 g/mol. The SMILES string of the molecule is CCCC(=O)n1nc(CCc2noc3c2C(=O)CC(C)(C)C3)c2c1CC(c1ccccc1)CC2=O. The first-order valence-electron chi connectivity index (χ1n) is 12.5. The highest BCUT2D eigenvalue weighted by Gasteiger charge is 2.37. The third-order valence-electron chi connectivity index (χ3n) is 7.16. The smallest absolute Gasteiger partial charge is 0.247 e. The van der Waals surface area contributed by atoms with Gasteiger partial charge in [0.15, 0.2) is 11.6 Å². The molecule has 1 aromatic carbocycles. The van der Waals surface area contributed by atoms with Crippen molar-refractivity contribution >= 4 is 17.5 Å². The molecule has 0 aliphatic heterocycles. The van der Waals surface area contributed by atoms with Gasteiger partial charge in [0.25, 0.3) is 0 Å². The molecule has 1 atom stereocenters. The third-order valence-corrected chi connectivity index (χ3v) is 7.16. The lowest BCUT2D eigenvalue weighted by atomic mass is 9.76. The average molecular weight is 474 g/mol. The Hall–Kier alpha value is -3.35. The summed E-state index contributed by atoms with van der Waals surface area (Å²) in [5, 5.41) is 8.85. The summed E-state index contributed by atoms with van der Waals surface area (Å²) in [6.07, 6.45) is 4.07. The van der Waals surface area contributed by atoms with E-state index >= 15 is 0 Å². The van der Waals surface area contributed by atoms with Crippen LogP contribution in [0.5, 0.6) is 0 Å². The second-order valence-electron chi connectivity index (χ2n) is 10.6. The van der Waals surface area contributed by atoms with Crippen LogP contribution in [0.2, 0.25) is 0 Å². The molecule has 2 aliphatic rings. The maximum absolute atomic E-state index is 13.3. The quantitative estimate of drug-likeness (QED) is 0.490. The van der Waals surface area contributed by atoms with Crippen LogP contribution in [0.15, 0.2) is 34.9 Å². The second kappa shape index (κ2) is 9.02. The first-order valence-corrected chi connectivity index (χ1v) is 12.5. The Labute approximate surface area is 204 Å². The van der Waals surface area contributed by atoms with Crippen molar-refractivity contribution in [1.82, 2.24) is 14.9 Å². The van der Waals surface area contributed by atoms with Gasteiger partial charge in [-0.25, -0.2) is 4.68 Å². The van der Waals surface area contributed by atoms with Gasteiger partial charge in [-0.1, -0.05) is 56.3 Å². The van der Waals surface area contributed by atoms with Crippen LogP contribution in [0.1, 0.15) is 106 Å². The molecule has 0 fully saturated rings. The van der Waals surface area contributed by atoms with Crippen molar-refractivity contribution in [2.75, 3.05) is 0 Å². The number of ketones is 2. The average Bonchev–Trinajstić information content (AvgIpc) is 3.39. The molecule has 0 amide bonds. The van der Waals surface area contributed by atoms with Crippen molar-refractivity contribution in [3.63, 3.8) is 0 Å². The fraction of sp³-hybridized carbons (Fsp3) is 0.464. The van der Waals surface area contributed by atoms with Gasteiger partial charge in [-0.15, -0.1) is 0 Å². The molecule has 0 saturated heterocycles. The molecule has 35 heavy (non-hydrogen) atoms. The number of fused-ring (bicyclic) bond motifs is 2. The summed E-state index contributed by atoms with van der Waals surface area (Å²) in [4.78, 5) is 39.1. The third kappa shape index (κ3) is 4.40. The topological polar surface area (TPSA) is 95.1 Å². The molecule has 2 aromatic heterocycles. The highest BCUT2D eigenvalue weighted by atomic mass is 16.5. The van der Waals surface area contributed by atoms with Gasteiger partial charge in [-0.3, -0.25) is 14.4 Å². The lowest BCUT2D eigenvalue weighted by Crippen LogP contribution is -2.26. The number of hydrogen-bond donors (Lipinski definition) is 0. The van der Waals surface area contributed by atoms with Crippen LogP contribution >= 0.6 is 0 Å². The van der Waals surface area contributed by atoms with Crippen molar-refractivity contribution in [3.05, 3.63) is 69.9 Å². The summed E-state index contributed by atoms with van der Waals surface area (Å²) >= 11 is 0. The number of carbonyl (C=O) groups is 3. The van der Waals surface area contributed by atoms with Gasteiger partial charge in [0, 0.05) is 25.7 Å². The summed E-state index contributed by atoms with van der Waals surface area (Å²) in [7, 11) is 0. The van der Waals surface area contributed by atoms with E-state index in [1.807, 2.05) is 37.3 Å². The number of rotatable bonds is 6.